The predicted octanol–water partition coefficient (Wildman–Crippen LogP) is 5.89. The Balaban J connectivity index is 2.06. The van der Waals surface area contributed by atoms with Gasteiger partial charge in [-0.25, -0.2) is 8.42 Å². The monoisotopic (exact) mass is 639 g/mol. The SMILES string of the molecule is CCNC(=O)[C@H](CC)N(Cc1ccc(Cl)c(Cl)c1)C(=O)CN(c1cccc(Br)c1)S(=O)(=O)c1ccccc1. The van der Waals surface area contributed by atoms with Crippen molar-refractivity contribution in [1.29, 1.82) is 0 Å². The van der Waals surface area contributed by atoms with Crippen LogP contribution >= 0.6 is 39.1 Å². The second-order valence-corrected chi connectivity index (χ2v) is 12.0. The van der Waals surface area contributed by atoms with Crippen LogP contribution < -0.4 is 9.62 Å². The van der Waals surface area contributed by atoms with E-state index in [9.17, 15) is 18.0 Å². The third kappa shape index (κ3) is 7.28. The fraction of sp³-hybridized carbons (Fsp3) is 0.259. The Morgan fingerprint density at radius 2 is 1.66 bits per heavy atom. The van der Waals surface area contributed by atoms with Crippen LogP contribution in [0, 0.1) is 0 Å². The Bertz CT molecular complexity index is 1390. The minimum atomic E-state index is -4.12. The molecule has 0 saturated heterocycles. The van der Waals surface area contributed by atoms with Crippen molar-refractivity contribution in [3.05, 3.63) is 92.9 Å². The van der Waals surface area contributed by atoms with E-state index in [4.69, 9.17) is 23.2 Å². The van der Waals surface area contributed by atoms with Gasteiger partial charge in [-0.05, 0) is 61.4 Å². The average molecular weight is 641 g/mol. The summed E-state index contributed by atoms with van der Waals surface area (Å²) in [7, 11) is -4.12. The summed E-state index contributed by atoms with van der Waals surface area (Å²) in [5.74, 6) is -0.878. The van der Waals surface area contributed by atoms with Crippen LogP contribution in [0.1, 0.15) is 25.8 Å². The molecule has 1 atom stereocenters. The molecule has 202 valence electrons. The second kappa shape index (κ2) is 13.5. The molecule has 0 aliphatic carbocycles. The summed E-state index contributed by atoms with van der Waals surface area (Å²) in [6.07, 6.45) is 0.321. The largest absolute Gasteiger partial charge is 0.355 e. The summed E-state index contributed by atoms with van der Waals surface area (Å²) in [5, 5.41) is 3.44. The van der Waals surface area contributed by atoms with Crippen LogP contribution in [-0.4, -0.2) is 44.3 Å². The molecule has 0 fully saturated rings. The summed E-state index contributed by atoms with van der Waals surface area (Å²) in [5.41, 5.74) is 0.951. The van der Waals surface area contributed by atoms with E-state index in [0.717, 1.165) is 4.31 Å². The number of sulfonamides is 1. The molecule has 2 amide bonds. The van der Waals surface area contributed by atoms with Gasteiger partial charge in [-0.2, -0.15) is 0 Å². The number of anilines is 1. The van der Waals surface area contributed by atoms with Crippen LogP contribution in [-0.2, 0) is 26.2 Å². The quantitative estimate of drug-likeness (QED) is 0.283. The lowest BCUT2D eigenvalue weighted by molar-refractivity contribution is -0.140. The Morgan fingerprint density at radius 3 is 2.26 bits per heavy atom. The highest BCUT2D eigenvalue weighted by Gasteiger charge is 2.33. The summed E-state index contributed by atoms with van der Waals surface area (Å²) in [6.45, 7) is 3.48. The molecule has 0 saturated carbocycles. The maximum absolute atomic E-state index is 13.9. The molecular weight excluding hydrogens is 613 g/mol. The number of nitrogens with one attached hydrogen (secondary N) is 1. The number of rotatable bonds is 11. The Hall–Kier alpha value is -2.59. The molecule has 0 radical (unpaired) electrons. The number of halogens is 3. The summed E-state index contributed by atoms with van der Waals surface area (Å²) in [6, 6.07) is 18.7. The first-order valence-corrected chi connectivity index (χ1v) is 14.9. The van der Waals surface area contributed by atoms with E-state index < -0.39 is 28.5 Å². The molecule has 0 aromatic heterocycles. The molecule has 0 aliphatic heterocycles. The molecule has 3 rings (SSSR count). The van der Waals surface area contributed by atoms with Crippen LogP contribution in [0.25, 0.3) is 0 Å². The molecule has 38 heavy (non-hydrogen) atoms. The van der Waals surface area contributed by atoms with E-state index in [0.29, 0.717) is 38.7 Å². The van der Waals surface area contributed by atoms with E-state index >= 15 is 0 Å². The molecule has 3 aromatic rings. The topological polar surface area (TPSA) is 86.8 Å². The van der Waals surface area contributed by atoms with E-state index in [1.54, 1.807) is 74.5 Å². The van der Waals surface area contributed by atoms with Crippen molar-refractivity contribution in [1.82, 2.24) is 10.2 Å². The van der Waals surface area contributed by atoms with Crippen molar-refractivity contribution >= 4 is 66.7 Å². The molecule has 11 heteroatoms. The van der Waals surface area contributed by atoms with Gasteiger partial charge in [-0.3, -0.25) is 13.9 Å². The predicted molar refractivity (Wildman–Crippen MR) is 155 cm³/mol. The molecule has 0 spiro atoms. The van der Waals surface area contributed by atoms with Gasteiger partial charge in [-0.1, -0.05) is 76.4 Å². The highest BCUT2D eigenvalue weighted by molar-refractivity contribution is 9.10. The first-order chi connectivity index (χ1) is 18.1. The summed E-state index contributed by atoms with van der Waals surface area (Å²) < 4.78 is 29.2. The van der Waals surface area contributed by atoms with Crippen LogP contribution in [0.4, 0.5) is 5.69 Å². The van der Waals surface area contributed by atoms with Crippen molar-refractivity contribution in [3.8, 4) is 0 Å². The lowest BCUT2D eigenvalue weighted by atomic mass is 10.1. The second-order valence-electron chi connectivity index (χ2n) is 8.39. The minimum Gasteiger partial charge on any atom is -0.355 e. The van der Waals surface area contributed by atoms with Crippen LogP contribution in [0.5, 0.6) is 0 Å². The van der Waals surface area contributed by atoms with Crippen LogP contribution in [0.2, 0.25) is 10.0 Å². The number of hydrogen-bond donors (Lipinski definition) is 1. The maximum Gasteiger partial charge on any atom is 0.264 e. The Kier molecular flexibility index (Phi) is 10.6. The van der Waals surface area contributed by atoms with Crippen molar-refractivity contribution in [2.24, 2.45) is 0 Å². The van der Waals surface area contributed by atoms with E-state index in [2.05, 4.69) is 21.2 Å². The van der Waals surface area contributed by atoms with Gasteiger partial charge in [0.2, 0.25) is 11.8 Å². The molecule has 1 N–H and O–H groups in total. The minimum absolute atomic E-state index is 0.0308. The average Bonchev–Trinajstić information content (AvgIpc) is 2.89. The van der Waals surface area contributed by atoms with Gasteiger partial charge in [0.1, 0.15) is 12.6 Å². The molecule has 0 unspecified atom stereocenters. The zero-order valence-electron chi connectivity index (χ0n) is 20.9. The number of carbonyl (C=O) groups excluding carboxylic acids is 2. The van der Waals surface area contributed by atoms with Gasteiger partial charge in [0.05, 0.1) is 20.6 Å². The molecule has 0 aliphatic rings. The molecular formula is C27H28BrCl2N3O4S. The van der Waals surface area contributed by atoms with Gasteiger partial charge >= 0.3 is 0 Å². The van der Waals surface area contributed by atoms with Gasteiger partial charge in [0.25, 0.3) is 10.0 Å². The number of benzene rings is 3. The fourth-order valence-corrected chi connectivity index (χ4v) is 6.06. The highest BCUT2D eigenvalue weighted by Crippen LogP contribution is 2.28. The van der Waals surface area contributed by atoms with Gasteiger partial charge < -0.3 is 10.2 Å². The van der Waals surface area contributed by atoms with Gasteiger partial charge in [-0.15, -0.1) is 0 Å². The first-order valence-electron chi connectivity index (χ1n) is 11.9. The van der Waals surface area contributed by atoms with Crippen LogP contribution in [0.15, 0.2) is 82.2 Å². The third-order valence-corrected chi connectivity index (χ3v) is 8.80. The Labute approximate surface area is 241 Å². The number of hydrogen-bond acceptors (Lipinski definition) is 4. The number of carbonyl (C=O) groups is 2. The zero-order chi connectivity index (χ0) is 27.9. The van der Waals surface area contributed by atoms with Crippen molar-refractivity contribution in [2.75, 3.05) is 17.4 Å². The van der Waals surface area contributed by atoms with Crippen molar-refractivity contribution in [3.63, 3.8) is 0 Å². The fourth-order valence-electron chi connectivity index (χ4n) is 3.93. The lowest BCUT2D eigenvalue weighted by Gasteiger charge is -2.33. The molecule has 3 aromatic carbocycles. The van der Waals surface area contributed by atoms with Gasteiger partial charge in [0, 0.05) is 17.6 Å². The summed E-state index contributed by atoms with van der Waals surface area (Å²) in [4.78, 5) is 28.3. The number of amides is 2. The third-order valence-electron chi connectivity index (χ3n) is 5.78. The van der Waals surface area contributed by atoms with E-state index in [1.165, 1.54) is 17.0 Å². The molecule has 7 nitrogen and oxygen atoms in total. The lowest BCUT2D eigenvalue weighted by Crippen LogP contribution is -2.52. The highest BCUT2D eigenvalue weighted by atomic mass is 79.9. The smallest absolute Gasteiger partial charge is 0.264 e. The standard InChI is InChI=1S/C27H28BrCl2N3O4S/c1-3-25(27(35)31-4-2)32(17-19-13-14-23(29)24(30)15-19)26(34)18-33(21-10-8-9-20(28)16-21)38(36,37)22-11-6-5-7-12-22/h5-16,25H,3-4,17-18H2,1-2H3,(H,31,35)/t25-/m0/s1. The first kappa shape index (κ1) is 30.0. The molecule has 0 heterocycles. The summed E-state index contributed by atoms with van der Waals surface area (Å²) >= 11 is 15.7. The normalized spacial score (nSPS) is 12.0. The van der Waals surface area contributed by atoms with E-state index in [-0.39, 0.29) is 17.3 Å². The van der Waals surface area contributed by atoms with Crippen molar-refractivity contribution < 1.29 is 18.0 Å². The zero-order valence-corrected chi connectivity index (χ0v) is 24.8. The molecule has 0 bridgehead atoms. The van der Waals surface area contributed by atoms with Crippen LogP contribution in [0.3, 0.4) is 0 Å². The maximum atomic E-state index is 13.9. The Morgan fingerprint density at radius 1 is 0.947 bits per heavy atom. The van der Waals surface area contributed by atoms with E-state index in [1.807, 2.05) is 0 Å². The van der Waals surface area contributed by atoms with Gasteiger partial charge in [0.15, 0.2) is 0 Å². The number of likely N-dealkylation sites (N-methyl/N-ethyl adjacent to an activating group) is 1. The van der Waals surface area contributed by atoms with Crippen molar-refractivity contribution in [2.45, 2.75) is 37.8 Å². The number of nitrogens with zero attached hydrogens (tertiary/aromatic N) is 2.